The summed E-state index contributed by atoms with van der Waals surface area (Å²) in [6.07, 6.45) is 0. The lowest BCUT2D eigenvalue weighted by atomic mass is 9.33. The van der Waals surface area contributed by atoms with Crippen LogP contribution in [0.1, 0.15) is 16.7 Å². The molecule has 0 radical (unpaired) electrons. The predicted octanol–water partition coefficient (Wildman–Crippen LogP) is 8.35. The van der Waals surface area contributed by atoms with E-state index in [1.165, 1.54) is 83.2 Å². The maximum Gasteiger partial charge on any atom is 0.255 e. The van der Waals surface area contributed by atoms with E-state index in [-0.39, 0.29) is 6.71 Å². The maximum atomic E-state index is 6.62. The second-order valence-corrected chi connectivity index (χ2v) is 13.3. The summed E-state index contributed by atoms with van der Waals surface area (Å²) in [7, 11) is 0. The predicted molar refractivity (Wildman–Crippen MR) is 191 cm³/mol. The Morgan fingerprint density at radius 3 is 2.15 bits per heavy atom. The number of fused-ring (bicyclic) bond motifs is 12. The molecule has 5 heterocycles. The third kappa shape index (κ3) is 2.92. The number of anilines is 3. The Bertz CT molecular complexity index is 2660. The van der Waals surface area contributed by atoms with Crippen molar-refractivity contribution in [2.45, 2.75) is 20.8 Å². The molecular weight excluding hydrogens is 561 g/mol. The summed E-state index contributed by atoms with van der Waals surface area (Å²) < 4.78 is 11.7. The van der Waals surface area contributed by atoms with Gasteiger partial charge in [0.15, 0.2) is 11.5 Å². The van der Waals surface area contributed by atoms with Crippen molar-refractivity contribution in [1.29, 1.82) is 0 Å². The fourth-order valence-corrected chi connectivity index (χ4v) is 8.76. The molecule has 2 aromatic heterocycles. The monoisotopic (exact) mass is 589 g/mol. The van der Waals surface area contributed by atoms with E-state index in [2.05, 4.69) is 150 Å². The second-order valence-electron chi connectivity index (χ2n) is 13.3. The Labute approximate surface area is 266 Å². The highest BCUT2D eigenvalue weighted by molar-refractivity contribution is 7.01. The number of imidazole rings is 1. The number of rotatable bonds is 1. The minimum Gasteiger partial charge on any atom is -0.453 e. The number of nitrogens with zero attached hydrogens (tertiary/aromatic N) is 3. The van der Waals surface area contributed by atoms with Crippen LogP contribution in [0.25, 0.3) is 44.4 Å². The van der Waals surface area contributed by atoms with Gasteiger partial charge in [-0.2, -0.15) is 0 Å². The van der Waals surface area contributed by atoms with E-state index in [0.29, 0.717) is 0 Å². The molecule has 216 valence electrons. The van der Waals surface area contributed by atoms with Crippen LogP contribution in [0.3, 0.4) is 0 Å². The zero-order valence-corrected chi connectivity index (χ0v) is 25.8. The quantitative estimate of drug-likeness (QED) is 0.180. The lowest BCUT2D eigenvalue weighted by Gasteiger charge is -2.43. The Morgan fingerprint density at radius 2 is 1.28 bits per heavy atom. The Morgan fingerprint density at radius 1 is 0.543 bits per heavy atom. The summed E-state index contributed by atoms with van der Waals surface area (Å²) in [6.45, 7) is 6.65. The van der Waals surface area contributed by atoms with Crippen molar-refractivity contribution in [3.05, 3.63) is 132 Å². The minimum absolute atomic E-state index is 0.0458. The molecule has 4 nitrogen and oxygen atoms in total. The average Bonchev–Trinajstić information content (AvgIpc) is 3.57. The van der Waals surface area contributed by atoms with Gasteiger partial charge in [-0.1, -0.05) is 71.8 Å². The number of aryl methyl sites for hydroxylation is 3. The first-order valence-electron chi connectivity index (χ1n) is 16.1. The fourth-order valence-electron chi connectivity index (χ4n) is 8.76. The number of aromatic nitrogens is 2. The van der Waals surface area contributed by atoms with Gasteiger partial charge in [-0.3, -0.25) is 8.97 Å². The Kier molecular flexibility index (Phi) is 4.45. The van der Waals surface area contributed by atoms with Crippen molar-refractivity contribution in [2.75, 3.05) is 4.90 Å². The minimum atomic E-state index is 0.0458. The van der Waals surface area contributed by atoms with Crippen LogP contribution in [0.4, 0.5) is 17.1 Å². The molecular formula is C41H28BN3O. The molecule has 0 fully saturated rings. The molecule has 11 rings (SSSR count). The number of hydrogen-bond acceptors (Lipinski definition) is 2. The van der Waals surface area contributed by atoms with Gasteiger partial charge in [0.2, 0.25) is 0 Å². The summed E-state index contributed by atoms with van der Waals surface area (Å²) in [5.41, 5.74) is 20.0. The molecule has 0 bridgehead atoms. The molecule has 0 aliphatic carbocycles. The van der Waals surface area contributed by atoms with E-state index >= 15 is 0 Å². The lowest BCUT2D eigenvalue weighted by molar-refractivity contribution is 0.477. The van der Waals surface area contributed by atoms with Crippen LogP contribution in [0, 0.1) is 20.8 Å². The largest absolute Gasteiger partial charge is 0.453 e. The van der Waals surface area contributed by atoms with E-state index < -0.39 is 0 Å². The molecule has 0 N–H and O–H groups in total. The molecule has 0 saturated heterocycles. The van der Waals surface area contributed by atoms with E-state index in [0.717, 1.165) is 22.9 Å². The van der Waals surface area contributed by atoms with Gasteiger partial charge in [0.05, 0.1) is 27.9 Å². The summed E-state index contributed by atoms with van der Waals surface area (Å²) in [4.78, 5) is 2.46. The standard InChI is InChI=1S/C41H28BN3O/c1-23-17-24(2)19-27(18-23)26-15-16-30-28(22-26)38-41-44(30)31-10-4-5-11-32(31)45(41)35-21-25(3)20-34-39(35)42(38)29-9-8-14-37-40(29)43(34)33-12-6-7-13-36(33)46-37/h4-22H,1-3H3. The maximum absolute atomic E-state index is 6.62. The van der Waals surface area contributed by atoms with Gasteiger partial charge >= 0.3 is 0 Å². The molecule has 8 aromatic rings. The van der Waals surface area contributed by atoms with Gasteiger partial charge in [-0.25, -0.2) is 0 Å². The van der Waals surface area contributed by atoms with Crippen LogP contribution in [-0.4, -0.2) is 15.7 Å². The highest BCUT2D eigenvalue weighted by atomic mass is 16.5. The molecule has 0 saturated carbocycles. The van der Waals surface area contributed by atoms with Gasteiger partial charge in [-0.15, -0.1) is 0 Å². The summed E-state index contributed by atoms with van der Waals surface area (Å²) >= 11 is 0. The number of benzene rings is 6. The Balaban J connectivity index is 1.33. The molecule has 0 atom stereocenters. The van der Waals surface area contributed by atoms with Crippen LogP contribution in [-0.2, 0) is 0 Å². The molecule has 46 heavy (non-hydrogen) atoms. The first kappa shape index (κ1) is 24.6. The molecule has 6 aromatic carbocycles. The van der Waals surface area contributed by atoms with E-state index in [1.807, 2.05) is 0 Å². The average molecular weight is 590 g/mol. The number of para-hydroxylation sites is 5. The summed E-state index contributed by atoms with van der Waals surface area (Å²) in [5, 5.41) is 1.30. The molecule has 3 aliphatic heterocycles. The van der Waals surface area contributed by atoms with Crippen molar-refractivity contribution in [3.63, 3.8) is 0 Å². The van der Waals surface area contributed by atoms with Gasteiger partial charge in [0.25, 0.3) is 6.71 Å². The van der Waals surface area contributed by atoms with Crippen LogP contribution in [0.2, 0.25) is 0 Å². The van der Waals surface area contributed by atoms with E-state index in [1.54, 1.807) is 0 Å². The zero-order valence-electron chi connectivity index (χ0n) is 25.8. The van der Waals surface area contributed by atoms with Gasteiger partial charge in [-0.05, 0) is 114 Å². The second kappa shape index (κ2) is 8.32. The van der Waals surface area contributed by atoms with E-state index in [9.17, 15) is 0 Å². The fraction of sp³-hybridized carbons (Fsp3) is 0.0732. The van der Waals surface area contributed by atoms with Gasteiger partial charge in [0, 0.05) is 11.4 Å². The summed E-state index contributed by atoms with van der Waals surface area (Å²) in [5.74, 6) is 1.80. The first-order chi connectivity index (χ1) is 22.5. The molecule has 5 heteroatoms. The highest BCUT2D eigenvalue weighted by Gasteiger charge is 2.46. The molecule has 0 amide bonds. The Hall–Kier alpha value is -5.68. The highest BCUT2D eigenvalue weighted by Crippen LogP contribution is 2.52. The molecule has 0 unspecified atom stereocenters. The van der Waals surface area contributed by atoms with E-state index in [4.69, 9.17) is 4.74 Å². The smallest absolute Gasteiger partial charge is 0.255 e. The normalized spacial score (nSPS) is 13.6. The number of hydrogen-bond donors (Lipinski definition) is 0. The molecule has 3 aliphatic rings. The van der Waals surface area contributed by atoms with Crippen molar-refractivity contribution in [3.8, 4) is 28.3 Å². The summed E-state index contributed by atoms with van der Waals surface area (Å²) in [6, 6.07) is 42.6. The van der Waals surface area contributed by atoms with Crippen molar-refractivity contribution >= 4 is 67.7 Å². The third-order valence-corrected chi connectivity index (χ3v) is 10.3. The van der Waals surface area contributed by atoms with Gasteiger partial charge in [0.1, 0.15) is 5.65 Å². The van der Waals surface area contributed by atoms with Crippen LogP contribution in [0.15, 0.2) is 115 Å². The molecule has 0 spiro atoms. The SMILES string of the molecule is Cc1cc(C)cc(-c2ccc3c(c2)c2c4n(c5ccccc5n34)-c3cc(C)cc4c3B2c2cccc3c2N4c2ccccc2O3)c1. The van der Waals surface area contributed by atoms with Crippen molar-refractivity contribution in [1.82, 2.24) is 8.97 Å². The van der Waals surface area contributed by atoms with Gasteiger partial charge < -0.3 is 9.64 Å². The van der Waals surface area contributed by atoms with Crippen LogP contribution < -0.4 is 26.0 Å². The first-order valence-corrected chi connectivity index (χ1v) is 16.1. The lowest BCUT2D eigenvalue weighted by Crippen LogP contribution is -2.60. The van der Waals surface area contributed by atoms with Crippen LogP contribution in [0.5, 0.6) is 11.5 Å². The third-order valence-electron chi connectivity index (χ3n) is 10.3. The van der Waals surface area contributed by atoms with Crippen molar-refractivity contribution in [2.24, 2.45) is 0 Å². The zero-order chi connectivity index (χ0) is 30.4. The topological polar surface area (TPSA) is 21.8 Å². The van der Waals surface area contributed by atoms with Crippen LogP contribution >= 0.6 is 0 Å². The number of ether oxygens (including phenoxy) is 1. The van der Waals surface area contributed by atoms with Crippen molar-refractivity contribution < 1.29 is 4.74 Å².